The Morgan fingerprint density at radius 3 is 2.37 bits per heavy atom. The lowest BCUT2D eigenvalue weighted by Gasteiger charge is -2.10. The van der Waals surface area contributed by atoms with Crippen LogP contribution in [0.3, 0.4) is 0 Å². The summed E-state index contributed by atoms with van der Waals surface area (Å²) in [5.41, 5.74) is 0.625. The number of aliphatic hydroxyl groups is 1. The molecule has 0 heterocycles. The molecule has 0 unspecified atom stereocenters. The first-order valence-corrected chi connectivity index (χ1v) is 5.45. The van der Waals surface area contributed by atoms with E-state index >= 15 is 0 Å². The van der Waals surface area contributed by atoms with E-state index < -0.39 is 17.6 Å². The summed E-state index contributed by atoms with van der Waals surface area (Å²) in [6, 6.07) is 6.98. The summed E-state index contributed by atoms with van der Waals surface area (Å²) in [5.74, 6) is -2.69. The minimum Gasteiger partial charge on any atom is -0.478 e. The first-order valence-electron chi connectivity index (χ1n) is 5.45. The fourth-order valence-electron chi connectivity index (χ4n) is 1.81. The van der Waals surface area contributed by atoms with Crippen LogP contribution >= 0.6 is 0 Å². The lowest BCUT2D eigenvalue weighted by Crippen LogP contribution is -2.00. The van der Waals surface area contributed by atoms with Crippen LogP contribution < -0.4 is 0 Å². The van der Waals surface area contributed by atoms with Crippen LogP contribution in [0.15, 0.2) is 36.4 Å². The predicted molar refractivity (Wildman–Crippen MR) is 64.7 cm³/mol. The highest BCUT2D eigenvalue weighted by molar-refractivity contribution is 5.90. The molecule has 0 radical (unpaired) electrons. The maximum absolute atomic E-state index is 13.7. The van der Waals surface area contributed by atoms with Crippen molar-refractivity contribution in [3.05, 3.63) is 59.2 Å². The van der Waals surface area contributed by atoms with E-state index in [4.69, 9.17) is 5.11 Å². The molecule has 0 aliphatic rings. The van der Waals surface area contributed by atoms with E-state index in [0.717, 1.165) is 6.07 Å². The van der Waals surface area contributed by atoms with Gasteiger partial charge in [0.25, 0.3) is 0 Å². The van der Waals surface area contributed by atoms with Gasteiger partial charge in [0, 0.05) is 11.6 Å². The molecule has 0 amide bonds. The zero-order valence-electron chi connectivity index (χ0n) is 9.73. The Hall–Kier alpha value is -2.27. The Morgan fingerprint density at radius 1 is 1.05 bits per heavy atom. The van der Waals surface area contributed by atoms with Gasteiger partial charge in [-0.25, -0.2) is 13.6 Å². The summed E-state index contributed by atoms with van der Waals surface area (Å²) in [4.78, 5) is 10.9. The molecule has 0 saturated carbocycles. The van der Waals surface area contributed by atoms with E-state index in [-0.39, 0.29) is 23.3 Å². The molecule has 3 nitrogen and oxygen atoms in total. The molecule has 0 aliphatic heterocycles. The molecule has 0 aliphatic carbocycles. The van der Waals surface area contributed by atoms with Crippen molar-refractivity contribution in [2.24, 2.45) is 0 Å². The van der Waals surface area contributed by atoms with Crippen LogP contribution in [0.2, 0.25) is 0 Å². The number of benzene rings is 2. The summed E-state index contributed by atoms with van der Waals surface area (Å²) in [5, 5.41) is 18.1. The van der Waals surface area contributed by atoms with Crippen LogP contribution in [-0.2, 0) is 6.61 Å². The first kappa shape index (κ1) is 13.2. The molecule has 2 rings (SSSR count). The standard InChI is InChI=1S/C14H10F2O3/c15-10-3-4-11(13(16)6-10)12-5-8(14(18)19)1-2-9(12)7-17/h1-6,17H,7H2,(H,18,19). The second-order valence-electron chi connectivity index (χ2n) is 3.96. The molecule has 0 fully saturated rings. The van der Waals surface area contributed by atoms with Crippen molar-refractivity contribution >= 4 is 5.97 Å². The number of carboxylic acids is 1. The normalized spacial score (nSPS) is 10.5. The van der Waals surface area contributed by atoms with Crippen molar-refractivity contribution < 1.29 is 23.8 Å². The van der Waals surface area contributed by atoms with Gasteiger partial charge in [-0.1, -0.05) is 6.07 Å². The predicted octanol–water partition coefficient (Wildman–Crippen LogP) is 2.82. The van der Waals surface area contributed by atoms with E-state index in [1.54, 1.807) is 0 Å². The smallest absolute Gasteiger partial charge is 0.335 e. The molecule has 2 aromatic rings. The van der Waals surface area contributed by atoms with Gasteiger partial charge < -0.3 is 10.2 Å². The van der Waals surface area contributed by atoms with Crippen molar-refractivity contribution in [2.75, 3.05) is 0 Å². The molecule has 2 aromatic carbocycles. The van der Waals surface area contributed by atoms with Gasteiger partial charge in [0.1, 0.15) is 11.6 Å². The van der Waals surface area contributed by atoms with Gasteiger partial charge in [-0.2, -0.15) is 0 Å². The molecular formula is C14H10F2O3. The Kier molecular flexibility index (Phi) is 3.57. The fraction of sp³-hybridized carbons (Fsp3) is 0.0714. The monoisotopic (exact) mass is 264 g/mol. The highest BCUT2D eigenvalue weighted by atomic mass is 19.1. The number of halogens is 2. The van der Waals surface area contributed by atoms with Crippen LogP contribution in [0, 0.1) is 11.6 Å². The van der Waals surface area contributed by atoms with Gasteiger partial charge in [0.05, 0.1) is 12.2 Å². The number of hydrogen-bond acceptors (Lipinski definition) is 2. The minimum atomic E-state index is -1.16. The van der Waals surface area contributed by atoms with Gasteiger partial charge >= 0.3 is 5.97 Å². The van der Waals surface area contributed by atoms with E-state index in [1.165, 1.54) is 24.3 Å². The quantitative estimate of drug-likeness (QED) is 0.896. The van der Waals surface area contributed by atoms with Gasteiger partial charge in [-0.15, -0.1) is 0 Å². The zero-order valence-corrected chi connectivity index (χ0v) is 9.73. The van der Waals surface area contributed by atoms with Crippen molar-refractivity contribution in [3.8, 4) is 11.1 Å². The van der Waals surface area contributed by atoms with Crippen LogP contribution in [0.1, 0.15) is 15.9 Å². The molecule has 19 heavy (non-hydrogen) atoms. The topological polar surface area (TPSA) is 57.5 Å². The van der Waals surface area contributed by atoms with E-state index in [2.05, 4.69) is 0 Å². The van der Waals surface area contributed by atoms with Crippen LogP contribution in [0.4, 0.5) is 8.78 Å². The number of carboxylic acid groups (broad SMARTS) is 1. The van der Waals surface area contributed by atoms with Gasteiger partial charge in [-0.05, 0) is 35.4 Å². The van der Waals surface area contributed by atoms with Crippen molar-refractivity contribution in [3.63, 3.8) is 0 Å². The first-order chi connectivity index (χ1) is 9.02. The third-order valence-electron chi connectivity index (χ3n) is 2.75. The highest BCUT2D eigenvalue weighted by Gasteiger charge is 2.13. The molecule has 0 atom stereocenters. The lowest BCUT2D eigenvalue weighted by molar-refractivity contribution is 0.0697. The van der Waals surface area contributed by atoms with Gasteiger partial charge in [0.15, 0.2) is 0 Å². The maximum Gasteiger partial charge on any atom is 0.335 e. The Labute approximate surface area is 107 Å². The minimum absolute atomic E-state index is 0.0316. The Morgan fingerprint density at radius 2 is 1.79 bits per heavy atom. The van der Waals surface area contributed by atoms with Gasteiger partial charge in [-0.3, -0.25) is 0 Å². The Bertz CT molecular complexity index is 639. The number of carbonyl (C=O) groups is 1. The molecule has 0 bridgehead atoms. The SMILES string of the molecule is O=C(O)c1ccc(CO)c(-c2ccc(F)cc2F)c1. The second-order valence-corrected chi connectivity index (χ2v) is 3.96. The molecule has 0 aromatic heterocycles. The second kappa shape index (κ2) is 5.16. The molecule has 0 spiro atoms. The highest BCUT2D eigenvalue weighted by Crippen LogP contribution is 2.28. The lowest BCUT2D eigenvalue weighted by atomic mass is 9.97. The van der Waals surface area contributed by atoms with Crippen LogP contribution in [0.25, 0.3) is 11.1 Å². The van der Waals surface area contributed by atoms with Gasteiger partial charge in [0.2, 0.25) is 0 Å². The number of rotatable bonds is 3. The fourth-order valence-corrected chi connectivity index (χ4v) is 1.81. The molecule has 0 saturated heterocycles. The third-order valence-corrected chi connectivity index (χ3v) is 2.75. The summed E-state index contributed by atoms with van der Waals surface area (Å²) < 4.78 is 26.6. The molecule has 98 valence electrons. The number of aromatic carboxylic acids is 1. The summed E-state index contributed by atoms with van der Waals surface area (Å²) >= 11 is 0. The summed E-state index contributed by atoms with van der Waals surface area (Å²) in [7, 11) is 0. The average molecular weight is 264 g/mol. The molecule has 2 N–H and O–H groups in total. The van der Waals surface area contributed by atoms with Crippen molar-refractivity contribution in [1.29, 1.82) is 0 Å². The molecular weight excluding hydrogens is 254 g/mol. The third kappa shape index (κ3) is 2.61. The van der Waals surface area contributed by atoms with Crippen molar-refractivity contribution in [2.45, 2.75) is 6.61 Å². The summed E-state index contributed by atoms with van der Waals surface area (Å²) in [6.07, 6.45) is 0. The van der Waals surface area contributed by atoms with E-state index in [9.17, 15) is 18.7 Å². The maximum atomic E-state index is 13.7. The zero-order chi connectivity index (χ0) is 14.0. The molecule has 5 heteroatoms. The van der Waals surface area contributed by atoms with E-state index in [0.29, 0.717) is 11.6 Å². The largest absolute Gasteiger partial charge is 0.478 e. The number of hydrogen-bond donors (Lipinski definition) is 2. The van der Waals surface area contributed by atoms with Crippen LogP contribution in [0.5, 0.6) is 0 Å². The summed E-state index contributed by atoms with van der Waals surface area (Å²) in [6.45, 7) is -0.369. The van der Waals surface area contributed by atoms with Crippen LogP contribution in [-0.4, -0.2) is 16.2 Å². The Balaban J connectivity index is 2.64. The average Bonchev–Trinajstić information content (AvgIpc) is 2.38. The van der Waals surface area contributed by atoms with Crippen molar-refractivity contribution in [1.82, 2.24) is 0 Å². The van der Waals surface area contributed by atoms with E-state index in [1.807, 2.05) is 0 Å². The number of aliphatic hydroxyl groups excluding tert-OH is 1.